The van der Waals surface area contributed by atoms with Crippen LogP contribution in [-0.2, 0) is 7.05 Å². The van der Waals surface area contributed by atoms with E-state index in [4.69, 9.17) is 0 Å². The molecule has 0 aliphatic carbocycles. The van der Waals surface area contributed by atoms with Gasteiger partial charge in [-0.2, -0.15) is 5.10 Å². The molecule has 0 spiro atoms. The number of nitrogens with zero attached hydrogens (tertiary/aromatic N) is 3. The topological polar surface area (TPSA) is 59.8 Å². The third-order valence-corrected chi connectivity index (χ3v) is 3.52. The number of amides is 1. The fraction of sp³-hybridized carbons (Fsp3) is 0.0833. The molecule has 0 atom stereocenters. The number of rotatable bonds is 2. The van der Waals surface area contributed by atoms with Crippen LogP contribution in [0, 0.1) is 0 Å². The summed E-state index contributed by atoms with van der Waals surface area (Å²) in [4.78, 5) is 16.3. The van der Waals surface area contributed by atoms with Gasteiger partial charge in [-0.3, -0.25) is 14.8 Å². The Kier molecular flexibility index (Phi) is 2.56. The minimum absolute atomic E-state index is 0.200. The van der Waals surface area contributed by atoms with E-state index >= 15 is 0 Å². The fourth-order valence-electron chi connectivity index (χ4n) is 1.68. The molecule has 1 aromatic carbocycles. The molecule has 6 heteroatoms. The van der Waals surface area contributed by atoms with Crippen molar-refractivity contribution in [1.29, 1.82) is 0 Å². The number of thiazole rings is 1. The fourth-order valence-corrected chi connectivity index (χ4v) is 2.54. The van der Waals surface area contributed by atoms with Gasteiger partial charge in [0.25, 0.3) is 5.91 Å². The van der Waals surface area contributed by atoms with Crippen LogP contribution in [0.5, 0.6) is 0 Å². The molecule has 1 amide bonds. The molecule has 1 N–H and O–H groups in total. The Morgan fingerprint density at radius 3 is 2.89 bits per heavy atom. The summed E-state index contributed by atoms with van der Waals surface area (Å²) in [6.45, 7) is 0. The number of carbonyl (C=O) groups excluding carboxylic acids is 1. The van der Waals surface area contributed by atoms with E-state index in [0.717, 1.165) is 10.2 Å². The first-order valence-corrected chi connectivity index (χ1v) is 6.20. The molecule has 0 bridgehead atoms. The van der Waals surface area contributed by atoms with Crippen LogP contribution in [-0.4, -0.2) is 20.7 Å². The second kappa shape index (κ2) is 4.23. The first kappa shape index (κ1) is 10.9. The molecule has 3 rings (SSSR count). The zero-order valence-corrected chi connectivity index (χ0v) is 10.4. The van der Waals surface area contributed by atoms with Crippen LogP contribution < -0.4 is 5.32 Å². The maximum Gasteiger partial charge on any atom is 0.275 e. The Hall–Kier alpha value is -2.21. The van der Waals surface area contributed by atoms with Crippen molar-refractivity contribution in [3.63, 3.8) is 0 Å². The molecule has 0 fully saturated rings. The number of hydrogen-bond acceptors (Lipinski definition) is 4. The number of anilines is 1. The van der Waals surface area contributed by atoms with Crippen LogP contribution in [0.2, 0.25) is 0 Å². The molecule has 2 aromatic heterocycles. The maximum atomic E-state index is 12.0. The highest BCUT2D eigenvalue weighted by molar-refractivity contribution is 7.22. The van der Waals surface area contributed by atoms with Gasteiger partial charge in [0.15, 0.2) is 5.13 Å². The second-order valence-electron chi connectivity index (χ2n) is 3.78. The summed E-state index contributed by atoms with van der Waals surface area (Å²) in [6.07, 6.45) is 1.59. The smallest absolute Gasteiger partial charge is 0.275 e. The molecule has 0 aliphatic heterocycles. The Labute approximate surface area is 107 Å². The van der Waals surface area contributed by atoms with Crippen LogP contribution in [0.4, 0.5) is 5.13 Å². The Morgan fingerprint density at radius 2 is 2.17 bits per heavy atom. The van der Waals surface area contributed by atoms with E-state index in [1.165, 1.54) is 16.0 Å². The molecule has 0 unspecified atom stereocenters. The van der Waals surface area contributed by atoms with Crippen molar-refractivity contribution < 1.29 is 4.79 Å². The number of hydrogen-bond donors (Lipinski definition) is 1. The number of nitrogens with one attached hydrogen (secondary N) is 1. The third kappa shape index (κ3) is 1.86. The van der Waals surface area contributed by atoms with Crippen molar-refractivity contribution >= 4 is 32.6 Å². The van der Waals surface area contributed by atoms with E-state index in [9.17, 15) is 4.79 Å². The van der Waals surface area contributed by atoms with Gasteiger partial charge < -0.3 is 0 Å². The zero-order valence-electron chi connectivity index (χ0n) is 9.62. The molecule has 3 aromatic rings. The van der Waals surface area contributed by atoms with Crippen molar-refractivity contribution in [1.82, 2.24) is 14.8 Å². The van der Waals surface area contributed by atoms with Gasteiger partial charge in [0, 0.05) is 13.2 Å². The highest BCUT2D eigenvalue weighted by atomic mass is 32.1. The second-order valence-corrected chi connectivity index (χ2v) is 4.81. The van der Waals surface area contributed by atoms with E-state index in [1.54, 1.807) is 19.3 Å². The summed E-state index contributed by atoms with van der Waals surface area (Å²) in [5.74, 6) is -0.200. The maximum absolute atomic E-state index is 12.0. The first-order chi connectivity index (χ1) is 8.74. The molecule has 18 heavy (non-hydrogen) atoms. The Bertz CT molecular complexity index is 683. The average Bonchev–Trinajstić information content (AvgIpc) is 2.94. The normalized spacial score (nSPS) is 10.7. The van der Waals surface area contributed by atoms with Gasteiger partial charge in [0.05, 0.1) is 10.2 Å². The van der Waals surface area contributed by atoms with E-state index in [0.29, 0.717) is 10.8 Å². The lowest BCUT2D eigenvalue weighted by Gasteiger charge is -2.00. The quantitative estimate of drug-likeness (QED) is 0.767. The molecule has 0 saturated heterocycles. The number of aryl methyl sites for hydroxylation is 1. The van der Waals surface area contributed by atoms with Gasteiger partial charge in [-0.25, -0.2) is 4.98 Å². The summed E-state index contributed by atoms with van der Waals surface area (Å²) >= 11 is 1.46. The number of para-hydroxylation sites is 1. The molecule has 90 valence electrons. The summed E-state index contributed by atoms with van der Waals surface area (Å²) in [7, 11) is 1.73. The van der Waals surface area contributed by atoms with Crippen molar-refractivity contribution in [2.45, 2.75) is 0 Å². The monoisotopic (exact) mass is 258 g/mol. The van der Waals surface area contributed by atoms with E-state index in [-0.39, 0.29) is 5.91 Å². The van der Waals surface area contributed by atoms with Gasteiger partial charge in [-0.05, 0) is 18.2 Å². The van der Waals surface area contributed by atoms with Gasteiger partial charge in [-0.1, -0.05) is 23.5 Å². The lowest BCUT2D eigenvalue weighted by molar-refractivity contribution is 0.101. The number of fused-ring (bicyclic) bond motifs is 1. The summed E-state index contributed by atoms with van der Waals surface area (Å²) < 4.78 is 2.58. The van der Waals surface area contributed by atoms with E-state index in [1.807, 2.05) is 24.3 Å². The van der Waals surface area contributed by atoms with Crippen molar-refractivity contribution in [3.8, 4) is 0 Å². The third-order valence-electron chi connectivity index (χ3n) is 2.57. The molecule has 0 aliphatic rings. The highest BCUT2D eigenvalue weighted by Crippen LogP contribution is 2.25. The van der Waals surface area contributed by atoms with Crippen molar-refractivity contribution in [3.05, 3.63) is 42.2 Å². The van der Waals surface area contributed by atoms with Crippen molar-refractivity contribution in [2.75, 3.05) is 5.32 Å². The average molecular weight is 258 g/mol. The molecule has 0 saturated carbocycles. The van der Waals surface area contributed by atoms with Crippen LogP contribution in [0.3, 0.4) is 0 Å². The van der Waals surface area contributed by atoms with Gasteiger partial charge in [0.1, 0.15) is 5.69 Å². The lowest BCUT2D eigenvalue weighted by atomic mass is 10.3. The highest BCUT2D eigenvalue weighted by Gasteiger charge is 2.12. The van der Waals surface area contributed by atoms with E-state index in [2.05, 4.69) is 15.4 Å². The molecule has 0 radical (unpaired) electrons. The summed E-state index contributed by atoms with van der Waals surface area (Å²) in [6, 6.07) is 9.45. The number of aromatic nitrogens is 3. The summed E-state index contributed by atoms with van der Waals surface area (Å²) in [5.41, 5.74) is 1.40. The van der Waals surface area contributed by atoms with Crippen LogP contribution in [0.15, 0.2) is 36.5 Å². The van der Waals surface area contributed by atoms with E-state index < -0.39 is 0 Å². The Balaban J connectivity index is 1.88. The summed E-state index contributed by atoms with van der Waals surface area (Å²) in [5, 5.41) is 7.34. The number of benzene rings is 1. The predicted octanol–water partition coefficient (Wildman–Crippen LogP) is 2.28. The van der Waals surface area contributed by atoms with Crippen LogP contribution >= 0.6 is 11.3 Å². The largest absolute Gasteiger partial charge is 0.296 e. The van der Waals surface area contributed by atoms with Crippen molar-refractivity contribution in [2.24, 2.45) is 7.05 Å². The number of carbonyl (C=O) groups is 1. The predicted molar refractivity (Wildman–Crippen MR) is 70.8 cm³/mol. The van der Waals surface area contributed by atoms with Crippen LogP contribution in [0.25, 0.3) is 10.2 Å². The SMILES string of the molecule is Cn1nccc1C(=O)Nc1nc2ccccc2s1. The van der Waals surface area contributed by atoms with Gasteiger partial charge in [-0.15, -0.1) is 0 Å². The van der Waals surface area contributed by atoms with Crippen LogP contribution in [0.1, 0.15) is 10.5 Å². The first-order valence-electron chi connectivity index (χ1n) is 5.39. The molecule has 5 nitrogen and oxygen atoms in total. The van der Waals surface area contributed by atoms with Gasteiger partial charge >= 0.3 is 0 Å². The lowest BCUT2D eigenvalue weighted by Crippen LogP contribution is -2.15. The molecular formula is C12H10N4OS. The van der Waals surface area contributed by atoms with Gasteiger partial charge in [0.2, 0.25) is 0 Å². The molecular weight excluding hydrogens is 248 g/mol. The molecule has 2 heterocycles. The standard InChI is InChI=1S/C12H10N4OS/c1-16-9(6-7-13-16)11(17)15-12-14-8-4-2-3-5-10(8)18-12/h2-7H,1H3,(H,14,15,17). The zero-order chi connectivity index (χ0) is 12.5. The minimum Gasteiger partial charge on any atom is -0.296 e. The minimum atomic E-state index is -0.200. The Morgan fingerprint density at radius 1 is 1.33 bits per heavy atom.